The molecular weight excluding hydrogens is 268 g/mol. The molecule has 1 rings (SSSR count). The molecular formula is C21H29N. The Hall–Kier alpha value is -1.81. The largest absolute Gasteiger partial charge is 0.193 e. The normalized spacial score (nSPS) is 20.5. The molecule has 0 N–H and O–H groups in total. The van der Waals surface area contributed by atoms with E-state index in [1.54, 1.807) is 6.08 Å². The van der Waals surface area contributed by atoms with Gasteiger partial charge in [-0.1, -0.05) is 43.7 Å². The molecule has 0 unspecified atom stereocenters. The number of allylic oxidation sites excluding steroid dienone is 10. The first-order valence-electron chi connectivity index (χ1n) is 8.08. The Morgan fingerprint density at radius 2 is 1.73 bits per heavy atom. The van der Waals surface area contributed by atoms with Crippen LogP contribution >= 0.6 is 0 Å². The van der Waals surface area contributed by atoms with E-state index in [4.69, 9.17) is 5.26 Å². The number of hydrogen-bond donors (Lipinski definition) is 0. The fraction of sp³-hybridized carbons (Fsp3) is 0.476. The molecule has 0 aromatic carbocycles. The first kappa shape index (κ1) is 18.2. The molecule has 1 aliphatic rings. The molecule has 0 aromatic rings. The van der Waals surface area contributed by atoms with Crippen molar-refractivity contribution in [1.29, 1.82) is 5.26 Å². The van der Waals surface area contributed by atoms with E-state index in [0.29, 0.717) is 0 Å². The molecule has 0 heterocycles. The lowest BCUT2D eigenvalue weighted by molar-refractivity contribution is 0.377. The number of nitriles is 1. The summed E-state index contributed by atoms with van der Waals surface area (Å²) in [4.78, 5) is 0. The Labute approximate surface area is 136 Å². The quantitative estimate of drug-likeness (QED) is 0.333. The Bertz CT molecular complexity index is 598. The fourth-order valence-corrected chi connectivity index (χ4v) is 2.89. The maximum atomic E-state index is 8.62. The molecule has 0 atom stereocenters. The van der Waals surface area contributed by atoms with Crippen LogP contribution in [0.15, 0.2) is 58.2 Å². The highest BCUT2D eigenvalue weighted by Gasteiger charge is 2.26. The van der Waals surface area contributed by atoms with Crippen molar-refractivity contribution in [2.45, 2.75) is 60.8 Å². The molecule has 0 aliphatic heterocycles. The summed E-state index contributed by atoms with van der Waals surface area (Å²) in [5.41, 5.74) is 6.79. The predicted octanol–water partition coefficient (Wildman–Crippen LogP) is 6.43. The minimum atomic E-state index is 0.287. The van der Waals surface area contributed by atoms with Gasteiger partial charge in [0.15, 0.2) is 0 Å². The molecule has 0 saturated carbocycles. The van der Waals surface area contributed by atoms with Crippen molar-refractivity contribution in [3.8, 4) is 6.07 Å². The zero-order valence-electron chi connectivity index (χ0n) is 15.0. The van der Waals surface area contributed by atoms with Crippen LogP contribution in [-0.4, -0.2) is 0 Å². The van der Waals surface area contributed by atoms with E-state index in [2.05, 4.69) is 58.9 Å². The Balaban J connectivity index is 2.95. The molecule has 0 bridgehead atoms. The van der Waals surface area contributed by atoms with Crippen molar-refractivity contribution >= 4 is 0 Å². The Morgan fingerprint density at radius 1 is 1.09 bits per heavy atom. The van der Waals surface area contributed by atoms with Crippen molar-refractivity contribution in [3.05, 3.63) is 58.2 Å². The van der Waals surface area contributed by atoms with Gasteiger partial charge in [-0.25, -0.2) is 0 Å². The van der Waals surface area contributed by atoms with Crippen molar-refractivity contribution in [1.82, 2.24) is 0 Å². The summed E-state index contributed by atoms with van der Waals surface area (Å²) in [6.45, 7) is 13.2. The van der Waals surface area contributed by atoms with Gasteiger partial charge in [0.25, 0.3) is 0 Å². The van der Waals surface area contributed by atoms with Gasteiger partial charge in [0, 0.05) is 6.08 Å². The molecule has 0 saturated heterocycles. The zero-order valence-corrected chi connectivity index (χ0v) is 15.0. The number of nitrogens with zero attached hydrogens (tertiary/aromatic N) is 1. The summed E-state index contributed by atoms with van der Waals surface area (Å²) in [5, 5.41) is 8.62. The summed E-state index contributed by atoms with van der Waals surface area (Å²) in [5.74, 6) is 0. The van der Waals surface area contributed by atoms with Gasteiger partial charge < -0.3 is 0 Å². The molecule has 0 spiro atoms. The van der Waals surface area contributed by atoms with Crippen LogP contribution in [0.5, 0.6) is 0 Å². The van der Waals surface area contributed by atoms with Gasteiger partial charge in [-0.3, -0.25) is 0 Å². The molecule has 0 aromatic heterocycles. The molecule has 0 radical (unpaired) electrons. The minimum absolute atomic E-state index is 0.287. The highest BCUT2D eigenvalue weighted by atomic mass is 14.3. The molecule has 118 valence electrons. The van der Waals surface area contributed by atoms with Gasteiger partial charge in [0.2, 0.25) is 0 Å². The standard InChI is InChI=1S/C21H29N/c1-16(13-15-22)9-10-17(2)18(3)11-12-20-19(4)8-7-14-21(20,5)6/h9-13H,7-8,14H2,1-6H3/b10-9+,12-11+,16-13+,18-17+/i2+1,16+1. The number of hydrogen-bond acceptors (Lipinski definition) is 1. The van der Waals surface area contributed by atoms with Gasteiger partial charge in [0.05, 0.1) is 6.07 Å². The highest BCUT2D eigenvalue weighted by Crippen LogP contribution is 2.40. The maximum Gasteiger partial charge on any atom is 0.0914 e. The third kappa shape index (κ3) is 5.19. The van der Waals surface area contributed by atoms with Gasteiger partial charge in [-0.15, -0.1) is 0 Å². The van der Waals surface area contributed by atoms with E-state index in [-0.39, 0.29) is 5.41 Å². The third-order valence-electron chi connectivity index (χ3n) is 4.55. The van der Waals surface area contributed by atoms with E-state index in [0.717, 1.165) is 5.57 Å². The topological polar surface area (TPSA) is 23.8 Å². The second-order valence-corrected chi connectivity index (χ2v) is 6.98. The molecule has 1 heteroatoms. The van der Waals surface area contributed by atoms with Gasteiger partial charge in [-0.05, 0) is 74.7 Å². The predicted molar refractivity (Wildman–Crippen MR) is 96.4 cm³/mol. The smallest absolute Gasteiger partial charge is 0.0914 e. The van der Waals surface area contributed by atoms with Crippen molar-refractivity contribution in [2.24, 2.45) is 5.41 Å². The molecule has 1 aliphatic carbocycles. The maximum absolute atomic E-state index is 8.62. The van der Waals surface area contributed by atoms with Crippen LogP contribution in [-0.2, 0) is 0 Å². The van der Waals surface area contributed by atoms with Crippen molar-refractivity contribution in [2.75, 3.05) is 0 Å². The van der Waals surface area contributed by atoms with Crippen LogP contribution in [0.4, 0.5) is 0 Å². The first-order chi connectivity index (χ1) is 10.3. The van der Waals surface area contributed by atoms with Crippen LogP contribution in [0, 0.1) is 16.7 Å². The Kier molecular flexibility index (Phi) is 6.62. The summed E-state index contributed by atoms with van der Waals surface area (Å²) in [6.07, 6.45) is 14.0. The summed E-state index contributed by atoms with van der Waals surface area (Å²) >= 11 is 0. The second kappa shape index (κ2) is 7.99. The minimum Gasteiger partial charge on any atom is -0.193 e. The average molecular weight is 297 g/mol. The van der Waals surface area contributed by atoms with Gasteiger partial charge >= 0.3 is 0 Å². The third-order valence-corrected chi connectivity index (χ3v) is 4.55. The van der Waals surface area contributed by atoms with E-state index in [1.807, 2.05) is 13.0 Å². The van der Waals surface area contributed by atoms with Crippen LogP contribution < -0.4 is 0 Å². The van der Waals surface area contributed by atoms with Crippen LogP contribution in [0.3, 0.4) is 0 Å². The van der Waals surface area contributed by atoms with Gasteiger partial charge in [0.1, 0.15) is 0 Å². The summed E-state index contributed by atoms with van der Waals surface area (Å²) in [7, 11) is 0. The fourth-order valence-electron chi connectivity index (χ4n) is 2.89. The summed E-state index contributed by atoms with van der Waals surface area (Å²) in [6, 6.07) is 2.05. The van der Waals surface area contributed by atoms with Crippen molar-refractivity contribution < 1.29 is 0 Å². The summed E-state index contributed by atoms with van der Waals surface area (Å²) < 4.78 is 0. The van der Waals surface area contributed by atoms with E-state index in [1.165, 1.54) is 41.6 Å². The number of rotatable bonds is 4. The Morgan fingerprint density at radius 3 is 2.32 bits per heavy atom. The molecule has 1 nitrogen and oxygen atoms in total. The van der Waals surface area contributed by atoms with E-state index >= 15 is 0 Å². The van der Waals surface area contributed by atoms with Crippen LogP contribution in [0.1, 0.15) is 60.8 Å². The first-order valence-corrected chi connectivity index (χ1v) is 8.08. The average Bonchev–Trinajstić information content (AvgIpc) is 2.43. The molecule has 22 heavy (non-hydrogen) atoms. The molecule has 0 amide bonds. The lowest BCUT2D eigenvalue weighted by Crippen LogP contribution is -2.19. The van der Waals surface area contributed by atoms with Gasteiger partial charge in [-0.2, -0.15) is 5.26 Å². The zero-order chi connectivity index (χ0) is 16.8. The monoisotopic (exact) mass is 297 g/mol. The lowest BCUT2D eigenvalue weighted by atomic mass is 9.72. The van der Waals surface area contributed by atoms with E-state index in [9.17, 15) is 0 Å². The van der Waals surface area contributed by atoms with Crippen LogP contribution in [0.25, 0.3) is 0 Å². The second-order valence-electron chi connectivity index (χ2n) is 6.98. The lowest BCUT2D eigenvalue weighted by Gasteiger charge is -2.33. The van der Waals surface area contributed by atoms with Crippen LogP contribution in [0.2, 0.25) is 0 Å². The van der Waals surface area contributed by atoms with E-state index < -0.39 is 0 Å². The highest BCUT2D eigenvalue weighted by molar-refractivity contribution is 5.39. The SMILES string of the molecule is CC1=C(/C=C/C(C)=C([13CH3])/C=C/[13C](C)=C/C#N)C(C)(C)CCC1. The molecule has 0 fully saturated rings. The van der Waals surface area contributed by atoms with Crippen molar-refractivity contribution in [3.63, 3.8) is 0 Å².